The Morgan fingerprint density at radius 3 is 2.54 bits per heavy atom. The van der Waals surface area contributed by atoms with E-state index in [0.717, 1.165) is 12.0 Å². The third-order valence-corrected chi connectivity index (χ3v) is 6.86. The fourth-order valence-electron chi connectivity index (χ4n) is 5.02. The van der Waals surface area contributed by atoms with Crippen molar-refractivity contribution in [1.82, 2.24) is 20.0 Å². The Hall–Kier alpha value is -3.59. The summed E-state index contributed by atoms with van der Waals surface area (Å²) in [6.45, 7) is 0.941. The third kappa shape index (κ3) is 4.32. The molecule has 0 unspecified atom stereocenters. The van der Waals surface area contributed by atoms with Gasteiger partial charge in [0, 0.05) is 31.4 Å². The van der Waals surface area contributed by atoms with Crippen molar-refractivity contribution in [3.05, 3.63) is 65.9 Å². The average Bonchev–Trinajstić information content (AvgIpc) is 3.39. The number of carbonyl (C=O) groups is 3. The minimum Gasteiger partial charge on any atom is -0.376 e. The molecule has 2 fully saturated rings. The highest BCUT2D eigenvalue weighted by Crippen LogP contribution is 2.41. The van der Waals surface area contributed by atoms with Crippen LogP contribution >= 0.6 is 0 Å². The summed E-state index contributed by atoms with van der Waals surface area (Å²) in [7, 11) is 1.34. The highest BCUT2D eigenvalue weighted by Gasteiger charge is 2.50. The van der Waals surface area contributed by atoms with Crippen LogP contribution in [0.5, 0.6) is 0 Å². The summed E-state index contributed by atoms with van der Waals surface area (Å²) < 4.78 is 21.6. The van der Waals surface area contributed by atoms with Gasteiger partial charge in [-0.25, -0.2) is 4.39 Å². The van der Waals surface area contributed by atoms with Gasteiger partial charge >= 0.3 is 0 Å². The molecule has 1 N–H and O–H groups in total. The number of hydrogen-bond acceptors (Lipinski definition) is 5. The van der Waals surface area contributed by atoms with Gasteiger partial charge in [-0.1, -0.05) is 48.5 Å². The van der Waals surface area contributed by atoms with Crippen molar-refractivity contribution < 1.29 is 23.5 Å². The zero-order valence-corrected chi connectivity index (χ0v) is 19.6. The van der Waals surface area contributed by atoms with E-state index in [1.165, 1.54) is 23.6 Å². The molecule has 8 nitrogen and oxygen atoms in total. The predicted molar refractivity (Wildman–Crippen MR) is 127 cm³/mol. The summed E-state index contributed by atoms with van der Waals surface area (Å²) in [4.78, 5) is 39.8. The fraction of sp³-hybridized carbons (Fsp3) is 0.385. The first-order chi connectivity index (χ1) is 16.9. The number of aromatic nitrogens is 2. The molecule has 182 valence electrons. The summed E-state index contributed by atoms with van der Waals surface area (Å²) in [5.74, 6) is -0.908. The van der Waals surface area contributed by atoms with Gasteiger partial charge in [0.1, 0.15) is 30.6 Å². The Bertz CT molecular complexity index is 1280. The van der Waals surface area contributed by atoms with Gasteiger partial charge in [0.15, 0.2) is 5.78 Å². The zero-order valence-electron chi connectivity index (χ0n) is 19.6. The van der Waals surface area contributed by atoms with Crippen molar-refractivity contribution in [1.29, 1.82) is 0 Å². The molecule has 0 bridgehead atoms. The van der Waals surface area contributed by atoms with E-state index < -0.39 is 30.1 Å². The second-order valence-electron chi connectivity index (χ2n) is 9.15. The second kappa shape index (κ2) is 9.22. The predicted octanol–water partition coefficient (Wildman–Crippen LogP) is 2.48. The number of rotatable bonds is 7. The minimum atomic E-state index is -1.49. The number of amides is 2. The molecule has 2 aliphatic rings. The number of halogens is 1. The molecule has 9 heteroatoms. The van der Waals surface area contributed by atoms with Crippen LogP contribution in [-0.2, 0) is 20.9 Å². The SMILES string of the molecule is CO[C@H]1[C@@H](C(=O)N[C@@H]2C[C@H]2c2ccccc2)N(C(=O)Cn2nc(C(C)=O)c3ccccc32)C[C@@H]1F. The summed E-state index contributed by atoms with van der Waals surface area (Å²) in [5, 5.41) is 7.95. The number of fused-ring (bicyclic) bond motifs is 1. The molecule has 1 aromatic heterocycles. The molecule has 0 spiro atoms. The van der Waals surface area contributed by atoms with E-state index in [1.807, 2.05) is 30.3 Å². The number of likely N-dealkylation sites (tertiary alicyclic amines) is 1. The van der Waals surface area contributed by atoms with E-state index in [1.54, 1.807) is 24.3 Å². The highest BCUT2D eigenvalue weighted by molar-refractivity contribution is 6.05. The van der Waals surface area contributed by atoms with E-state index in [0.29, 0.717) is 10.9 Å². The maximum Gasteiger partial charge on any atom is 0.245 e. The average molecular weight is 479 g/mol. The number of benzene rings is 2. The monoisotopic (exact) mass is 478 g/mol. The number of alkyl halides is 1. The highest BCUT2D eigenvalue weighted by atomic mass is 19.1. The molecule has 3 aromatic rings. The van der Waals surface area contributed by atoms with Gasteiger partial charge in [0.25, 0.3) is 0 Å². The van der Waals surface area contributed by atoms with E-state index >= 15 is 0 Å². The number of hydrogen-bond donors (Lipinski definition) is 1. The molecule has 0 radical (unpaired) electrons. The molecule has 5 rings (SSSR count). The van der Waals surface area contributed by atoms with Crippen LogP contribution in [0.1, 0.15) is 35.3 Å². The van der Waals surface area contributed by atoms with Gasteiger partial charge in [-0.05, 0) is 18.1 Å². The van der Waals surface area contributed by atoms with Crippen molar-refractivity contribution in [3.63, 3.8) is 0 Å². The van der Waals surface area contributed by atoms with Crippen LogP contribution in [0.2, 0.25) is 0 Å². The lowest BCUT2D eigenvalue weighted by Crippen LogP contribution is -2.52. The Balaban J connectivity index is 1.35. The van der Waals surface area contributed by atoms with Crippen LogP contribution in [0.3, 0.4) is 0 Å². The molecule has 5 atom stereocenters. The van der Waals surface area contributed by atoms with Gasteiger partial charge in [-0.15, -0.1) is 0 Å². The fourth-order valence-corrected chi connectivity index (χ4v) is 5.02. The molecule has 1 saturated heterocycles. The Morgan fingerprint density at radius 1 is 1.11 bits per heavy atom. The quantitative estimate of drug-likeness (QED) is 0.527. The normalized spacial score (nSPS) is 25.6. The smallest absolute Gasteiger partial charge is 0.245 e. The third-order valence-electron chi connectivity index (χ3n) is 6.86. The number of para-hydroxylation sites is 1. The number of ether oxygens (including phenoxy) is 1. The standard InChI is InChI=1S/C26H27FN4O4/c1-15(32)23-17-10-6-7-11-21(17)31(29-23)14-22(33)30-13-19(27)25(35-2)24(30)26(34)28-20-12-18(20)16-8-4-3-5-9-16/h3-11,18-20,24-25H,12-14H2,1-2H3,(H,28,34)/t18-,19-,20+,24-,25+/m0/s1. The van der Waals surface area contributed by atoms with E-state index in [-0.39, 0.29) is 36.5 Å². The van der Waals surface area contributed by atoms with Crippen LogP contribution in [-0.4, -0.2) is 70.3 Å². The number of nitrogens with one attached hydrogen (secondary N) is 1. The zero-order chi connectivity index (χ0) is 24.7. The van der Waals surface area contributed by atoms with E-state index in [4.69, 9.17) is 4.74 Å². The van der Waals surface area contributed by atoms with Gasteiger partial charge in [-0.2, -0.15) is 5.10 Å². The van der Waals surface area contributed by atoms with Crippen LogP contribution in [0, 0.1) is 0 Å². The summed E-state index contributed by atoms with van der Waals surface area (Å²) in [6.07, 6.45) is -1.76. The number of carbonyl (C=O) groups excluding carboxylic acids is 3. The Labute approximate surface area is 202 Å². The minimum absolute atomic E-state index is 0.0637. The largest absolute Gasteiger partial charge is 0.376 e. The molecule has 1 aliphatic carbocycles. The molecule has 2 amide bonds. The van der Waals surface area contributed by atoms with Gasteiger partial charge in [0.05, 0.1) is 12.1 Å². The van der Waals surface area contributed by atoms with Crippen molar-refractivity contribution >= 4 is 28.5 Å². The first-order valence-corrected chi connectivity index (χ1v) is 11.7. The topological polar surface area (TPSA) is 93.5 Å². The molecule has 2 aromatic carbocycles. The van der Waals surface area contributed by atoms with E-state index in [9.17, 15) is 18.8 Å². The van der Waals surface area contributed by atoms with Crippen LogP contribution in [0.15, 0.2) is 54.6 Å². The Kier molecular flexibility index (Phi) is 6.10. The van der Waals surface area contributed by atoms with Gasteiger partial charge in [0.2, 0.25) is 11.8 Å². The Morgan fingerprint density at radius 2 is 1.83 bits per heavy atom. The molecule has 2 heterocycles. The summed E-state index contributed by atoms with van der Waals surface area (Å²) >= 11 is 0. The van der Waals surface area contributed by atoms with Crippen molar-refractivity contribution in [2.75, 3.05) is 13.7 Å². The van der Waals surface area contributed by atoms with Crippen LogP contribution < -0.4 is 5.32 Å². The lowest BCUT2D eigenvalue weighted by molar-refractivity contribution is -0.141. The van der Waals surface area contributed by atoms with Gasteiger partial charge in [-0.3, -0.25) is 19.1 Å². The van der Waals surface area contributed by atoms with Crippen molar-refractivity contribution in [3.8, 4) is 0 Å². The maximum absolute atomic E-state index is 14.8. The second-order valence-corrected chi connectivity index (χ2v) is 9.15. The van der Waals surface area contributed by atoms with Crippen LogP contribution in [0.25, 0.3) is 10.9 Å². The number of Topliss-reactive ketones (excluding diaryl/α,β-unsaturated/α-hetero) is 1. The lowest BCUT2D eigenvalue weighted by atomic mass is 10.1. The molecular weight excluding hydrogens is 451 g/mol. The van der Waals surface area contributed by atoms with Crippen molar-refractivity contribution in [2.24, 2.45) is 0 Å². The first kappa shape index (κ1) is 23.2. The van der Waals surface area contributed by atoms with E-state index in [2.05, 4.69) is 10.4 Å². The lowest BCUT2D eigenvalue weighted by Gasteiger charge is -2.26. The van der Waals surface area contributed by atoms with Crippen LogP contribution in [0.4, 0.5) is 4.39 Å². The van der Waals surface area contributed by atoms with Gasteiger partial charge < -0.3 is 15.0 Å². The summed E-state index contributed by atoms with van der Waals surface area (Å²) in [6, 6.07) is 15.8. The number of nitrogens with zero attached hydrogens (tertiary/aromatic N) is 3. The molecule has 1 saturated carbocycles. The molecule has 35 heavy (non-hydrogen) atoms. The summed E-state index contributed by atoms with van der Waals surface area (Å²) in [5.41, 5.74) is 2.02. The molecule has 1 aliphatic heterocycles. The molecular formula is C26H27FN4O4. The maximum atomic E-state index is 14.8. The number of ketones is 1. The number of methoxy groups -OCH3 is 1. The van der Waals surface area contributed by atoms with Crippen molar-refractivity contribution in [2.45, 2.75) is 50.2 Å². The first-order valence-electron chi connectivity index (χ1n) is 11.7.